The zero-order chi connectivity index (χ0) is 13.9. The van der Waals surface area contributed by atoms with Crippen molar-refractivity contribution < 1.29 is 4.79 Å². The van der Waals surface area contributed by atoms with Gasteiger partial charge in [0.1, 0.15) is 11.6 Å². The number of piperazine rings is 1. The van der Waals surface area contributed by atoms with Crippen molar-refractivity contribution in [3.8, 4) is 0 Å². The molecule has 1 atom stereocenters. The Morgan fingerprint density at radius 2 is 2.05 bits per heavy atom. The summed E-state index contributed by atoms with van der Waals surface area (Å²) in [5.41, 5.74) is 1.17. The van der Waals surface area contributed by atoms with Gasteiger partial charge in [0.2, 0.25) is 5.91 Å². The number of aryl methyl sites for hydroxylation is 1. The lowest BCUT2D eigenvalue weighted by molar-refractivity contribution is -0.120. The van der Waals surface area contributed by atoms with Crippen molar-refractivity contribution in [1.82, 2.24) is 15.3 Å². The highest BCUT2D eigenvalue weighted by molar-refractivity contribution is 5.82. The van der Waals surface area contributed by atoms with E-state index in [4.69, 9.17) is 0 Å². The van der Waals surface area contributed by atoms with E-state index in [0.717, 1.165) is 5.82 Å². The number of aromatic nitrogens is 2. The van der Waals surface area contributed by atoms with Gasteiger partial charge in [0.25, 0.3) is 0 Å². The van der Waals surface area contributed by atoms with E-state index in [1.54, 1.807) is 6.20 Å². The Balaban J connectivity index is 1.97. The Morgan fingerprint density at radius 3 is 2.80 bits per heavy atom. The van der Waals surface area contributed by atoms with Crippen LogP contribution in [0.3, 0.4) is 0 Å². The van der Waals surface area contributed by atoms with Gasteiger partial charge in [-0.3, -0.25) is 4.79 Å². The minimum Gasteiger partial charge on any atom is -0.352 e. The van der Waals surface area contributed by atoms with E-state index in [1.807, 2.05) is 36.1 Å². The quantitative estimate of drug-likeness (QED) is 0.896. The molecule has 0 bridgehead atoms. The minimum atomic E-state index is 0.0217. The van der Waals surface area contributed by atoms with Gasteiger partial charge in [-0.05, 0) is 18.6 Å². The molecule has 2 aromatic rings. The molecule has 1 fully saturated rings. The fraction of sp³-hybridized carbons (Fsp3) is 0.267. The summed E-state index contributed by atoms with van der Waals surface area (Å²) < 4.78 is 0. The standard InChI is InChI=1S/C15H16N4O/c1-11-16-8-7-14(18-11)19-10-15(20)17-9-13(19)12-5-3-2-4-6-12/h2-8,13H,9-10H2,1H3,(H,17,20). The van der Waals surface area contributed by atoms with Gasteiger partial charge in [-0.25, -0.2) is 9.97 Å². The number of amides is 1. The molecule has 1 aliphatic heterocycles. The fourth-order valence-corrected chi connectivity index (χ4v) is 2.46. The first-order chi connectivity index (χ1) is 9.74. The van der Waals surface area contributed by atoms with Crippen LogP contribution in [0.4, 0.5) is 5.82 Å². The van der Waals surface area contributed by atoms with Crippen LogP contribution in [-0.4, -0.2) is 29.0 Å². The first-order valence-corrected chi connectivity index (χ1v) is 6.62. The van der Waals surface area contributed by atoms with Crippen LogP contribution in [0.5, 0.6) is 0 Å². The van der Waals surface area contributed by atoms with Crippen LogP contribution < -0.4 is 10.2 Å². The van der Waals surface area contributed by atoms with E-state index in [2.05, 4.69) is 27.4 Å². The summed E-state index contributed by atoms with van der Waals surface area (Å²) in [6.45, 7) is 2.76. The van der Waals surface area contributed by atoms with Crippen LogP contribution >= 0.6 is 0 Å². The molecule has 1 unspecified atom stereocenters. The summed E-state index contributed by atoms with van der Waals surface area (Å²) >= 11 is 0. The molecule has 0 saturated carbocycles. The summed E-state index contributed by atoms with van der Waals surface area (Å²) in [6, 6.07) is 12.1. The van der Waals surface area contributed by atoms with Gasteiger partial charge >= 0.3 is 0 Å². The second kappa shape index (κ2) is 5.28. The van der Waals surface area contributed by atoms with Crippen LogP contribution in [0.1, 0.15) is 17.4 Å². The zero-order valence-electron chi connectivity index (χ0n) is 11.3. The van der Waals surface area contributed by atoms with Crippen molar-refractivity contribution in [2.45, 2.75) is 13.0 Å². The normalized spacial score (nSPS) is 18.8. The average molecular weight is 268 g/mol. The first-order valence-electron chi connectivity index (χ1n) is 6.62. The second-order valence-electron chi connectivity index (χ2n) is 4.82. The fourth-order valence-electron chi connectivity index (χ4n) is 2.46. The van der Waals surface area contributed by atoms with Crippen molar-refractivity contribution in [3.63, 3.8) is 0 Å². The lowest BCUT2D eigenvalue weighted by atomic mass is 10.0. The maximum atomic E-state index is 11.7. The van der Waals surface area contributed by atoms with Crippen LogP contribution in [-0.2, 0) is 4.79 Å². The first kappa shape index (κ1) is 12.6. The number of nitrogens with one attached hydrogen (secondary N) is 1. The van der Waals surface area contributed by atoms with Crippen molar-refractivity contribution in [3.05, 3.63) is 54.0 Å². The van der Waals surface area contributed by atoms with Gasteiger partial charge in [0.05, 0.1) is 12.6 Å². The van der Waals surface area contributed by atoms with E-state index in [0.29, 0.717) is 18.9 Å². The maximum Gasteiger partial charge on any atom is 0.239 e. The van der Waals surface area contributed by atoms with Crippen molar-refractivity contribution in [2.75, 3.05) is 18.0 Å². The summed E-state index contributed by atoms with van der Waals surface area (Å²) in [5, 5.41) is 2.92. The largest absolute Gasteiger partial charge is 0.352 e. The van der Waals surface area contributed by atoms with Gasteiger partial charge in [0.15, 0.2) is 0 Å². The molecule has 102 valence electrons. The number of carbonyl (C=O) groups is 1. The van der Waals surface area contributed by atoms with E-state index < -0.39 is 0 Å². The molecular weight excluding hydrogens is 252 g/mol. The SMILES string of the molecule is Cc1nccc(N2CC(=O)NCC2c2ccccc2)n1. The van der Waals surface area contributed by atoms with Crippen molar-refractivity contribution in [2.24, 2.45) is 0 Å². The van der Waals surface area contributed by atoms with Crippen LogP contribution in [0.15, 0.2) is 42.6 Å². The Labute approximate surface area is 117 Å². The molecule has 1 aromatic heterocycles. The number of rotatable bonds is 2. The second-order valence-corrected chi connectivity index (χ2v) is 4.82. The molecule has 20 heavy (non-hydrogen) atoms. The molecule has 1 aliphatic rings. The maximum absolute atomic E-state index is 11.7. The number of benzene rings is 1. The van der Waals surface area contributed by atoms with Gasteiger partial charge in [-0.1, -0.05) is 30.3 Å². The number of hydrogen-bond donors (Lipinski definition) is 1. The Bertz CT molecular complexity index is 614. The highest BCUT2D eigenvalue weighted by Crippen LogP contribution is 2.26. The highest BCUT2D eigenvalue weighted by Gasteiger charge is 2.28. The van der Waals surface area contributed by atoms with Gasteiger partial charge in [-0.15, -0.1) is 0 Å². The molecule has 1 saturated heterocycles. The lowest BCUT2D eigenvalue weighted by Crippen LogP contribution is -2.50. The van der Waals surface area contributed by atoms with E-state index >= 15 is 0 Å². The van der Waals surface area contributed by atoms with Gasteiger partial charge in [-0.2, -0.15) is 0 Å². The lowest BCUT2D eigenvalue weighted by Gasteiger charge is -2.36. The molecule has 1 N–H and O–H groups in total. The third-order valence-corrected chi connectivity index (χ3v) is 3.42. The monoisotopic (exact) mass is 268 g/mol. The smallest absolute Gasteiger partial charge is 0.239 e. The molecule has 0 radical (unpaired) electrons. The predicted octanol–water partition coefficient (Wildman–Crippen LogP) is 1.46. The Morgan fingerprint density at radius 1 is 1.25 bits per heavy atom. The molecule has 5 nitrogen and oxygen atoms in total. The third kappa shape index (κ3) is 2.47. The molecule has 0 spiro atoms. The highest BCUT2D eigenvalue weighted by atomic mass is 16.2. The topological polar surface area (TPSA) is 58.1 Å². The number of anilines is 1. The van der Waals surface area contributed by atoms with Gasteiger partial charge < -0.3 is 10.2 Å². The molecule has 1 aromatic carbocycles. The van der Waals surface area contributed by atoms with E-state index in [9.17, 15) is 4.79 Å². The molecule has 0 aliphatic carbocycles. The van der Waals surface area contributed by atoms with Crippen molar-refractivity contribution in [1.29, 1.82) is 0 Å². The Kier molecular flexibility index (Phi) is 3.33. The van der Waals surface area contributed by atoms with Crippen LogP contribution in [0.2, 0.25) is 0 Å². The molecule has 5 heteroatoms. The summed E-state index contributed by atoms with van der Waals surface area (Å²) in [5.74, 6) is 1.52. The summed E-state index contributed by atoms with van der Waals surface area (Å²) in [7, 11) is 0. The number of hydrogen-bond acceptors (Lipinski definition) is 4. The summed E-state index contributed by atoms with van der Waals surface area (Å²) in [4.78, 5) is 22.3. The van der Waals surface area contributed by atoms with E-state index in [1.165, 1.54) is 5.56 Å². The van der Waals surface area contributed by atoms with Crippen LogP contribution in [0, 0.1) is 6.92 Å². The molecule has 2 heterocycles. The zero-order valence-corrected chi connectivity index (χ0v) is 11.3. The third-order valence-electron chi connectivity index (χ3n) is 3.42. The predicted molar refractivity (Wildman–Crippen MR) is 76.3 cm³/mol. The number of nitrogens with zero attached hydrogens (tertiary/aromatic N) is 3. The minimum absolute atomic E-state index is 0.0217. The van der Waals surface area contributed by atoms with Gasteiger partial charge in [0, 0.05) is 12.7 Å². The van der Waals surface area contributed by atoms with Crippen LogP contribution in [0.25, 0.3) is 0 Å². The molecule has 3 rings (SSSR count). The number of carbonyl (C=O) groups excluding carboxylic acids is 1. The summed E-state index contributed by atoms with van der Waals surface area (Å²) in [6.07, 6.45) is 1.73. The van der Waals surface area contributed by atoms with E-state index in [-0.39, 0.29) is 11.9 Å². The molecular formula is C15H16N4O. The Hall–Kier alpha value is -2.43. The van der Waals surface area contributed by atoms with Crippen molar-refractivity contribution >= 4 is 11.7 Å². The molecule has 1 amide bonds. The average Bonchev–Trinajstić information content (AvgIpc) is 2.48.